The van der Waals surface area contributed by atoms with Crippen LogP contribution in [0.1, 0.15) is 39.4 Å². The molecule has 1 fully saturated rings. The lowest BCUT2D eigenvalue weighted by atomic mass is 9.99. The van der Waals surface area contributed by atoms with Crippen molar-refractivity contribution in [3.05, 3.63) is 113 Å². The molecule has 36 heavy (non-hydrogen) atoms. The number of benzene rings is 3. The van der Waals surface area contributed by atoms with Gasteiger partial charge < -0.3 is 11.1 Å². The molecule has 3 N–H and O–H groups in total. The Morgan fingerprint density at radius 2 is 1.81 bits per heavy atom. The zero-order chi connectivity index (χ0) is 24.9. The van der Waals surface area contributed by atoms with Crippen molar-refractivity contribution >= 4 is 17.3 Å². The molecule has 6 nitrogen and oxygen atoms in total. The summed E-state index contributed by atoms with van der Waals surface area (Å²) < 4.78 is 0. The second-order valence-corrected chi connectivity index (χ2v) is 9.10. The minimum atomic E-state index is -0.248. The standard InChI is InChI=1S/C30H27N5O/c31-17-26-16-21(19-35-15-14-25(20-35)22-6-2-1-3-7-22)18-33-29(26)23-10-12-24(13-11-23)30(36)34-28-9-5-4-8-27(28)32/h1-13,16,18,25H,14-15,19-20,32H2,(H,34,36). The largest absolute Gasteiger partial charge is 0.397 e. The van der Waals surface area contributed by atoms with E-state index in [0.29, 0.717) is 34.1 Å². The Morgan fingerprint density at radius 1 is 1.06 bits per heavy atom. The molecule has 1 atom stereocenters. The van der Waals surface area contributed by atoms with E-state index >= 15 is 0 Å². The minimum absolute atomic E-state index is 0.248. The molecule has 178 valence electrons. The van der Waals surface area contributed by atoms with Gasteiger partial charge in [0, 0.05) is 30.4 Å². The van der Waals surface area contributed by atoms with Crippen LogP contribution in [0.3, 0.4) is 0 Å². The molecule has 1 saturated heterocycles. The first kappa shape index (κ1) is 23.3. The zero-order valence-corrected chi connectivity index (χ0v) is 19.9. The fourth-order valence-corrected chi connectivity index (χ4v) is 4.73. The molecule has 0 saturated carbocycles. The fraction of sp³-hybridized carbons (Fsp3) is 0.167. The Labute approximate surface area is 211 Å². The normalized spacial score (nSPS) is 15.4. The third kappa shape index (κ3) is 5.12. The number of anilines is 2. The third-order valence-electron chi connectivity index (χ3n) is 6.64. The van der Waals surface area contributed by atoms with Crippen molar-refractivity contribution in [2.45, 2.75) is 18.9 Å². The maximum Gasteiger partial charge on any atom is 0.255 e. The Hall–Kier alpha value is -4.47. The first-order valence-electron chi connectivity index (χ1n) is 12.0. The van der Waals surface area contributed by atoms with Crippen molar-refractivity contribution in [1.29, 1.82) is 5.26 Å². The molecule has 0 spiro atoms. The van der Waals surface area contributed by atoms with Crippen LogP contribution in [0.25, 0.3) is 11.3 Å². The Balaban J connectivity index is 1.27. The number of pyridine rings is 1. The molecule has 4 aromatic rings. The maximum atomic E-state index is 12.6. The van der Waals surface area contributed by atoms with E-state index in [-0.39, 0.29) is 5.91 Å². The topological polar surface area (TPSA) is 95.0 Å². The highest BCUT2D eigenvalue weighted by Gasteiger charge is 2.24. The van der Waals surface area contributed by atoms with E-state index in [1.165, 1.54) is 5.56 Å². The minimum Gasteiger partial charge on any atom is -0.397 e. The van der Waals surface area contributed by atoms with E-state index in [4.69, 9.17) is 5.73 Å². The average molecular weight is 474 g/mol. The van der Waals surface area contributed by atoms with Gasteiger partial charge in [-0.15, -0.1) is 0 Å². The number of likely N-dealkylation sites (tertiary alicyclic amines) is 1. The van der Waals surface area contributed by atoms with Crippen molar-refractivity contribution in [3.63, 3.8) is 0 Å². The summed E-state index contributed by atoms with van der Waals surface area (Å²) in [4.78, 5) is 19.7. The van der Waals surface area contributed by atoms with Crippen LogP contribution < -0.4 is 11.1 Å². The molecule has 0 radical (unpaired) electrons. The Bertz CT molecular complexity index is 1410. The molecular weight excluding hydrogens is 446 g/mol. The number of nitrogen functional groups attached to an aromatic ring is 1. The first-order valence-corrected chi connectivity index (χ1v) is 12.0. The molecular formula is C30H27N5O. The third-order valence-corrected chi connectivity index (χ3v) is 6.64. The highest BCUT2D eigenvalue weighted by atomic mass is 16.1. The van der Waals surface area contributed by atoms with Crippen LogP contribution in [0.15, 0.2) is 91.1 Å². The fourth-order valence-electron chi connectivity index (χ4n) is 4.73. The van der Waals surface area contributed by atoms with Crippen LogP contribution in [-0.4, -0.2) is 28.9 Å². The molecule has 1 aromatic heterocycles. The number of aromatic nitrogens is 1. The number of nitrogens with two attached hydrogens (primary N) is 1. The van der Waals surface area contributed by atoms with E-state index in [9.17, 15) is 10.1 Å². The first-order chi connectivity index (χ1) is 17.6. The molecule has 2 heterocycles. The van der Waals surface area contributed by atoms with Crippen molar-refractivity contribution < 1.29 is 4.79 Å². The predicted octanol–water partition coefficient (Wildman–Crippen LogP) is 5.44. The van der Waals surface area contributed by atoms with E-state index in [2.05, 4.69) is 51.6 Å². The maximum absolute atomic E-state index is 12.6. The number of hydrogen-bond acceptors (Lipinski definition) is 5. The summed E-state index contributed by atoms with van der Waals surface area (Å²) in [6.07, 6.45) is 2.99. The summed E-state index contributed by atoms with van der Waals surface area (Å²) in [7, 11) is 0. The van der Waals surface area contributed by atoms with Gasteiger partial charge in [0.2, 0.25) is 0 Å². The SMILES string of the molecule is N#Cc1cc(CN2CCC(c3ccccc3)C2)cnc1-c1ccc(C(=O)Nc2ccccc2N)cc1. The van der Waals surface area contributed by atoms with Gasteiger partial charge in [-0.05, 0) is 60.3 Å². The number of para-hydroxylation sites is 2. The number of carbonyl (C=O) groups excluding carboxylic acids is 1. The van der Waals surface area contributed by atoms with E-state index in [1.54, 1.807) is 24.3 Å². The number of rotatable bonds is 6. The highest BCUT2D eigenvalue weighted by molar-refractivity contribution is 6.05. The predicted molar refractivity (Wildman–Crippen MR) is 142 cm³/mol. The van der Waals surface area contributed by atoms with Crippen molar-refractivity contribution in [2.24, 2.45) is 0 Å². The monoisotopic (exact) mass is 473 g/mol. The second-order valence-electron chi connectivity index (χ2n) is 9.10. The lowest BCUT2D eigenvalue weighted by Crippen LogP contribution is -2.20. The highest BCUT2D eigenvalue weighted by Crippen LogP contribution is 2.29. The number of carbonyl (C=O) groups is 1. The second kappa shape index (κ2) is 10.4. The van der Waals surface area contributed by atoms with E-state index < -0.39 is 0 Å². The lowest BCUT2D eigenvalue weighted by Gasteiger charge is -2.17. The van der Waals surface area contributed by atoms with Crippen LogP contribution in [-0.2, 0) is 6.54 Å². The zero-order valence-electron chi connectivity index (χ0n) is 19.9. The van der Waals surface area contributed by atoms with E-state index in [0.717, 1.165) is 37.2 Å². The molecule has 1 unspecified atom stereocenters. The number of nitrogens with one attached hydrogen (secondary N) is 1. The molecule has 0 bridgehead atoms. The molecule has 1 amide bonds. The molecule has 1 aliphatic heterocycles. The molecule has 3 aromatic carbocycles. The van der Waals surface area contributed by atoms with Crippen molar-refractivity contribution in [2.75, 3.05) is 24.1 Å². The van der Waals surface area contributed by atoms with Gasteiger partial charge in [0.1, 0.15) is 6.07 Å². The molecule has 1 aliphatic rings. The van der Waals surface area contributed by atoms with Gasteiger partial charge in [-0.2, -0.15) is 5.26 Å². The molecule has 5 rings (SSSR count). The van der Waals surface area contributed by atoms with Crippen molar-refractivity contribution in [1.82, 2.24) is 9.88 Å². The average Bonchev–Trinajstić information content (AvgIpc) is 3.39. The Kier molecular flexibility index (Phi) is 6.74. The van der Waals surface area contributed by atoms with Gasteiger partial charge in [0.05, 0.1) is 22.6 Å². The van der Waals surface area contributed by atoms with Gasteiger partial charge in [-0.3, -0.25) is 14.7 Å². The molecule has 6 heteroatoms. The molecule has 0 aliphatic carbocycles. The van der Waals surface area contributed by atoms with E-state index in [1.807, 2.05) is 36.5 Å². The van der Waals surface area contributed by atoms with Gasteiger partial charge in [-0.1, -0.05) is 54.6 Å². The lowest BCUT2D eigenvalue weighted by molar-refractivity contribution is 0.102. The summed E-state index contributed by atoms with van der Waals surface area (Å²) in [6, 6.07) is 29.1. The quantitative estimate of drug-likeness (QED) is 0.363. The number of nitriles is 1. The number of hydrogen-bond donors (Lipinski definition) is 2. The smallest absolute Gasteiger partial charge is 0.255 e. The summed E-state index contributed by atoms with van der Waals surface area (Å²) in [5.41, 5.74) is 11.8. The van der Waals surface area contributed by atoms with Crippen LogP contribution in [0.2, 0.25) is 0 Å². The Morgan fingerprint density at radius 3 is 2.56 bits per heavy atom. The number of amides is 1. The summed E-state index contributed by atoms with van der Waals surface area (Å²) in [5, 5.41) is 12.6. The number of nitrogens with zero attached hydrogens (tertiary/aromatic N) is 3. The van der Waals surface area contributed by atoms with Gasteiger partial charge in [-0.25, -0.2) is 0 Å². The van der Waals surface area contributed by atoms with Gasteiger partial charge in [0.15, 0.2) is 0 Å². The van der Waals surface area contributed by atoms with Crippen LogP contribution in [0.4, 0.5) is 11.4 Å². The summed E-state index contributed by atoms with van der Waals surface area (Å²) in [5.74, 6) is 0.297. The van der Waals surface area contributed by atoms with Crippen molar-refractivity contribution in [3.8, 4) is 17.3 Å². The summed E-state index contributed by atoms with van der Waals surface area (Å²) >= 11 is 0. The van der Waals surface area contributed by atoms with Crippen LogP contribution >= 0.6 is 0 Å². The van der Waals surface area contributed by atoms with Crippen LogP contribution in [0, 0.1) is 11.3 Å². The summed E-state index contributed by atoms with van der Waals surface area (Å²) in [6.45, 7) is 2.81. The van der Waals surface area contributed by atoms with Gasteiger partial charge >= 0.3 is 0 Å². The van der Waals surface area contributed by atoms with Gasteiger partial charge in [0.25, 0.3) is 5.91 Å². The van der Waals surface area contributed by atoms with Crippen LogP contribution in [0.5, 0.6) is 0 Å².